The van der Waals surface area contributed by atoms with Gasteiger partial charge in [0.2, 0.25) is 10.0 Å². The summed E-state index contributed by atoms with van der Waals surface area (Å²) in [7, 11) is -7.35. The highest BCUT2D eigenvalue weighted by Crippen LogP contribution is 2.17. The first-order valence-electron chi connectivity index (χ1n) is 5.02. The summed E-state index contributed by atoms with van der Waals surface area (Å²) in [6, 6.07) is 5.81. The lowest BCUT2D eigenvalue weighted by Gasteiger charge is -2.11. The molecule has 1 aromatic rings. The van der Waals surface area contributed by atoms with Crippen molar-refractivity contribution < 1.29 is 16.8 Å². The van der Waals surface area contributed by atoms with Crippen LogP contribution in [0.5, 0.6) is 0 Å². The zero-order chi connectivity index (χ0) is 14.0. The van der Waals surface area contributed by atoms with Crippen molar-refractivity contribution in [2.75, 3.05) is 9.44 Å². The number of benzene rings is 1. The van der Waals surface area contributed by atoms with Gasteiger partial charge in [0.05, 0.1) is 16.6 Å². The summed E-state index contributed by atoms with van der Waals surface area (Å²) in [4.78, 5) is 0. The standard InChI is InChI=1S/C9H15N3O4S2/c1-7(2)17(13,14)11-8-4-3-5-9(6-8)12-18(10,15)16/h3-7,11-12H,1-2H3,(H2,10,15,16). The minimum atomic E-state index is -3.88. The van der Waals surface area contributed by atoms with Crippen LogP contribution in [0, 0.1) is 0 Å². The van der Waals surface area contributed by atoms with Crippen molar-refractivity contribution in [1.29, 1.82) is 0 Å². The molecule has 0 radical (unpaired) electrons. The monoisotopic (exact) mass is 293 g/mol. The Hall–Kier alpha value is -1.32. The number of hydrogen-bond acceptors (Lipinski definition) is 4. The minimum absolute atomic E-state index is 0.182. The first-order chi connectivity index (χ1) is 8.10. The van der Waals surface area contributed by atoms with Gasteiger partial charge in [0, 0.05) is 0 Å². The van der Waals surface area contributed by atoms with E-state index in [1.165, 1.54) is 38.1 Å². The molecule has 4 N–H and O–H groups in total. The quantitative estimate of drug-likeness (QED) is 0.730. The van der Waals surface area contributed by atoms with Gasteiger partial charge in [0.15, 0.2) is 0 Å². The highest BCUT2D eigenvalue weighted by atomic mass is 32.2. The Morgan fingerprint density at radius 2 is 1.56 bits per heavy atom. The SMILES string of the molecule is CC(C)S(=O)(=O)Nc1cccc(NS(N)(=O)=O)c1. The van der Waals surface area contributed by atoms with Gasteiger partial charge in [-0.15, -0.1) is 0 Å². The van der Waals surface area contributed by atoms with Gasteiger partial charge in [0.1, 0.15) is 0 Å². The van der Waals surface area contributed by atoms with E-state index in [9.17, 15) is 16.8 Å². The number of nitrogens with two attached hydrogens (primary N) is 1. The predicted octanol–water partition coefficient (Wildman–Crippen LogP) is 0.452. The number of sulfonamides is 1. The zero-order valence-electron chi connectivity index (χ0n) is 9.91. The second-order valence-electron chi connectivity index (χ2n) is 3.92. The lowest BCUT2D eigenvalue weighted by molar-refractivity contribution is 0.592. The van der Waals surface area contributed by atoms with Crippen molar-refractivity contribution in [1.82, 2.24) is 0 Å². The Morgan fingerprint density at radius 3 is 2.00 bits per heavy atom. The summed E-state index contributed by atoms with van der Waals surface area (Å²) >= 11 is 0. The van der Waals surface area contributed by atoms with Crippen LogP contribution in [0.4, 0.5) is 11.4 Å². The molecule has 7 nitrogen and oxygen atoms in total. The number of rotatable bonds is 5. The van der Waals surface area contributed by atoms with Gasteiger partial charge in [-0.2, -0.15) is 8.42 Å². The third-order valence-electron chi connectivity index (χ3n) is 2.00. The van der Waals surface area contributed by atoms with Gasteiger partial charge in [0.25, 0.3) is 10.2 Å². The molecule has 1 aromatic carbocycles. The fraction of sp³-hybridized carbons (Fsp3) is 0.333. The van der Waals surface area contributed by atoms with E-state index in [1.54, 1.807) is 0 Å². The van der Waals surface area contributed by atoms with Crippen molar-refractivity contribution in [3.63, 3.8) is 0 Å². The minimum Gasteiger partial charge on any atom is -0.283 e. The molecular formula is C9H15N3O4S2. The Kier molecular flexibility index (Phi) is 4.20. The maximum absolute atomic E-state index is 11.6. The predicted molar refractivity (Wildman–Crippen MR) is 70.9 cm³/mol. The van der Waals surface area contributed by atoms with Gasteiger partial charge in [-0.25, -0.2) is 13.6 Å². The van der Waals surface area contributed by atoms with Crippen LogP contribution in [0.3, 0.4) is 0 Å². The number of hydrogen-bond donors (Lipinski definition) is 3. The number of nitrogens with one attached hydrogen (secondary N) is 2. The Bertz CT molecular complexity index is 623. The van der Waals surface area contributed by atoms with Gasteiger partial charge >= 0.3 is 0 Å². The molecule has 0 fully saturated rings. The molecule has 102 valence electrons. The normalized spacial score (nSPS) is 12.4. The molecular weight excluding hydrogens is 278 g/mol. The molecule has 0 bridgehead atoms. The Labute approximate surface area is 107 Å². The first kappa shape index (κ1) is 14.7. The lowest BCUT2D eigenvalue weighted by Crippen LogP contribution is -2.23. The second kappa shape index (κ2) is 5.12. The molecule has 0 saturated carbocycles. The van der Waals surface area contributed by atoms with Gasteiger partial charge < -0.3 is 0 Å². The van der Waals surface area contributed by atoms with E-state index in [2.05, 4.69) is 9.44 Å². The summed E-state index contributed by atoms with van der Waals surface area (Å²) in [5.41, 5.74) is 0.443. The fourth-order valence-corrected chi connectivity index (χ4v) is 2.24. The summed E-state index contributed by atoms with van der Waals surface area (Å²) in [5.74, 6) is 0. The van der Waals surface area contributed by atoms with Crippen LogP contribution in [0.15, 0.2) is 24.3 Å². The average molecular weight is 293 g/mol. The molecule has 0 heterocycles. The molecule has 0 aliphatic carbocycles. The smallest absolute Gasteiger partial charge is 0.283 e. The molecule has 0 saturated heterocycles. The van der Waals surface area contributed by atoms with E-state index in [4.69, 9.17) is 5.14 Å². The Morgan fingerprint density at radius 1 is 1.06 bits per heavy atom. The van der Waals surface area contributed by atoms with Crippen LogP contribution in [-0.4, -0.2) is 22.1 Å². The molecule has 0 spiro atoms. The van der Waals surface area contributed by atoms with Crippen LogP contribution in [-0.2, 0) is 20.2 Å². The average Bonchev–Trinajstić information content (AvgIpc) is 2.13. The zero-order valence-corrected chi connectivity index (χ0v) is 11.5. The topological polar surface area (TPSA) is 118 Å². The van der Waals surface area contributed by atoms with E-state index in [0.29, 0.717) is 0 Å². The van der Waals surface area contributed by atoms with E-state index in [0.717, 1.165) is 0 Å². The van der Waals surface area contributed by atoms with Gasteiger partial charge in [-0.1, -0.05) is 6.07 Å². The highest BCUT2D eigenvalue weighted by molar-refractivity contribution is 7.93. The summed E-state index contributed by atoms with van der Waals surface area (Å²) in [5, 5.41) is 4.23. The van der Waals surface area contributed by atoms with Crippen molar-refractivity contribution in [3.8, 4) is 0 Å². The maximum Gasteiger partial charge on any atom is 0.296 e. The fourth-order valence-electron chi connectivity index (χ4n) is 1.09. The molecule has 0 amide bonds. The van der Waals surface area contributed by atoms with Crippen LogP contribution in [0.2, 0.25) is 0 Å². The van der Waals surface area contributed by atoms with Gasteiger partial charge in [-0.3, -0.25) is 9.44 Å². The van der Waals surface area contributed by atoms with Crippen molar-refractivity contribution in [2.45, 2.75) is 19.1 Å². The largest absolute Gasteiger partial charge is 0.296 e. The van der Waals surface area contributed by atoms with Crippen LogP contribution in [0.1, 0.15) is 13.8 Å². The highest BCUT2D eigenvalue weighted by Gasteiger charge is 2.15. The van der Waals surface area contributed by atoms with Crippen molar-refractivity contribution in [2.24, 2.45) is 5.14 Å². The summed E-state index contributed by atoms with van der Waals surface area (Å²) < 4.78 is 49.3. The van der Waals surface area contributed by atoms with E-state index >= 15 is 0 Å². The molecule has 1 rings (SSSR count). The third kappa shape index (κ3) is 4.51. The third-order valence-corrected chi connectivity index (χ3v) is 4.29. The van der Waals surface area contributed by atoms with Crippen LogP contribution in [0.25, 0.3) is 0 Å². The summed E-state index contributed by atoms with van der Waals surface area (Å²) in [6.07, 6.45) is 0. The van der Waals surface area contributed by atoms with Crippen molar-refractivity contribution in [3.05, 3.63) is 24.3 Å². The second-order valence-corrected chi connectivity index (χ2v) is 7.45. The molecule has 0 unspecified atom stereocenters. The van der Waals surface area contributed by atoms with E-state index < -0.39 is 25.5 Å². The first-order valence-corrected chi connectivity index (χ1v) is 8.12. The van der Waals surface area contributed by atoms with Crippen LogP contribution >= 0.6 is 0 Å². The van der Waals surface area contributed by atoms with Crippen LogP contribution < -0.4 is 14.6 Å². The van der Waals surface area contributed by atoms with E-state index in [1.807, 2.05) is 0 Å². The number of anilines is 2. The Balaban J connectivity index is 2.97. The molecule has 0 atom stereocenters. The molecule has 9 heteroatoms. The molecule has 0 aromatic heterocycles. The maximum atomic E-state index is 11.6. The lowest BCUT2D eigenvalue weighted by atomic mass is 10.3. The summed E-state index contributed by atoms with van der Waals surface area (Å²) in [6.45, 7) is 3.07. The van der Waals surface area contributed by atoms with Gasteiger partial charge in [-0.05, 0) is 32.0 Å². The molecule has 0 aliphatic rings. The molecule has 18 heavy (non-hydrogen) atoms. The molecule has 0 aliphatic heterocycles. The van der Waals surface area contributed by atoms with Crippen molar-refractivity contribution >= 4 is 31.6 Å². The van der Waals surface area contributed by atoms with E-state index in [-0.39, 0.29) is 11.4 Å².